The molecular weight excluding hydrogens is 158 g/mol. The van der Waals surface area contributed by atoms with E-state index in [1.807, 2.05) is 6.92 Å². The smallest absolute Gasteiger partial charge is 0.352 e. The van der Waals surface area contributed by atoms with Crippen LogP contribution in [0.3, 0.4) is 0 Å². The van der Waals surface area contributed by atoms with E-state index in [1.165, 1.54) is 6.07 Å². The number of carboxylic acid groups (broad SMARTS) is 1. The number of nitrogens with one attached hydrogen (secondary N) is 1. The molecule has 0 saturated carbocycles. The lowest BCUT2D eigenvalue weighted by Gasteiger charge is -1.97. The Hall–Kier alpha value is -1.45. The average molecular weight is 167 g/mol. The monoisotopic (exact) mass is 167 g/mol. The van der Waals surface area contributed by atoms with Crippen LogP contribution in [0.2, 0.25) is 0 Å². The topological polar surface area (TPSA) is 62.3 Å². The van der Waals surface area contributed by atoms with Crippen molar-refractivity contribution in [3.05, 3.63) is 17.5 Å². The van der Waals surface area contributed by atoms with Crippen LogP contribution in [0, 0.1) is 0 Å². The number of ether oxygens (including phenoxy) is 1. The van der Waals surface area contributed by atoms with Gasteiger partial charge in [-0.1, -0.05) is 6.92 Å². The Labute approximate surface area is 69.2 Å². The second-order valence-electron chi connectivity index (χ2n) is 2.98. The van der Waals surface area contributed by atoms with Gasteiger partial charge < -0.3 is 14.8 Å². The predicted molar refractivity (Wildman–Crippen MR) is 41.7 cm³/mol. The predicted octanol–water partition coefficient (Wildman–Crippen LogP) is 1.21. The number of hydrogen-bond donors (Lipinski definition) is 2. The van der Waals surface area contributed by atoms with Crippen molar-refractivity contribution in [3.8, 4) is 5.75 Å². The van der Waals surface area contributed by atoms with E-state index in [0.29, 0.717) is 12.4 Å². The van der Waals surface area contributed by atoms with Crippen molar-refractivity contribution in [1.82, 2.24) is 4.98 Å². The van der Waals surface area contributed by atoms with Crippen molar-refractivity contribution >= 4 is 5.97 Å². The lowest BCUT2D eigenvalue weighted by atomic mass is 10.1. The van der Waals surface area contributed by atoms with Gasteiger partial charge >= 0.3 is 5.97 Å². The highest BCUT2D eigenvalue weighted by atomic mass is 16.5. The highest BCUT2D eigenvalue weighted by Crippen LogP contribution is 2.33. The van der Waals surface area contributed by atoms with Gasteiger partial charge in [-0.15, -0.1) is 0 Å². The average Bonchev–Trinajstić information content (AvgIpc) is 2.53. The maximum absolute atomic E-state index is 10.5. The maximum atomic E-state index is 10.5. The van der Waals surface area contributed by atoms with Crippen LogP contribution in [-0.2, 0) is 0 Å². The van der Waals surface area contributed by atoms with E-state index < -0.39 is 5.97 Å². The Morgan fingerprint density at radius 1 is 1.83 bits per heavy atom. The number of fused-ring (bicyclic) bond motifs is 1. The summed E-state index contributed by atoms with van der Waals surface area (Å²) in [6.07, 6.45) is 0. The van der Waals surface area contributed by atoms with Crippen LogP contribution in [-0.4, -0.2) is 22.7 Å². The first kappa shape index (κ1) is 7.21. The van der Waals surface area contributed by atoms with Gasteiger partial charge in [-0.2, -0.15) is 0 Å². The molecule has 1 atom stereocenters. The van der Waals surface area contributed by atoms with Crippen molar-refractivity contribution < 1.29 is 14.6 Å². The number of H-pyrrole nitrogens is 1. The van der Waals surface area contributed by atoms with Crippen LogP contribution in [0.5, 0.6) is 5.75 Å². The fourth-order valence-electron chi connectivity index (χ4n) is 1.35. The number of carbonyl (C=O) groups is 1. The summed E-state index contributed by atoms with van der Waals surface area (Å²) in [5.41, 5.74) is 1.10. The van der Waals surface area contributed by atoms with Gasteiger partial charge in [-0.3, -0.25) is 0 Å². The van der Waals surface area contributed by atoms with Crippen molar-refractivity contribution in [3.63, 3.8) is 0 Å². The molecular formula is C8H9NO3. The first-order valence-electron chi connectivity index (χ1n) is 3.77. The standard InChI is InChI=1S/C8H9NO3/c1-4-3-12-6-2-5(8(10)11)9-7(4)6/h2,4,9H,3H2,1H3,(H,10,11)/t4-/m1/s1. The number of rotatable bonds is 1. The van der Waals surface area contributed by atoms with E-state index in [4.69, 9.17) is 9.84 Å². The molecule has 1 aliphatic heterocycles. The minimum absolute atomic E-state index is 0.201. The van der Waals surface area contributed by atoms with Gasteiger partial charge in [0, 0.05) is 12.0 Å². The number of hydrogen-bond acceptors (Lipinski definition) is 2. The third kappa shape index (κ3) is 0.879. The summed E-state index contributed by atoms with van der Waals surface area (Å²) in [5, 5.41) is 8.64. The Balaban J connectivity index is 2.43. The molecule has 0 aromatic carbocycles. The molecule has 4 nitrogen and oxygen atoms in total. The second-order valence-corrected chi connectivity index (χ2v) is 2.98. The molecule has 0 bridgehead atoms. The van der Waals surface area contributed by atoms with Gasteiger partial charge in [0.05, 0.1) is 12.3 Å². The molecule has 2 N–H and O–H groups in total. The Morgan fingerprint density at radius 3 is 3.17 bits per heavy atom. The molecule has 2 heterocycles. The summed E-state index contributed by atoms with van der Waals surface area (Å²) in [6.45, 7) is 2.63. The largest absolute Gasteiger partial charge is 0.491 e. The van der Waals surface area contributed by atoms with E-state index in [1.54, 1.807) is 0 Å². The Bertz CT molecular complexity index is 329. The summed E-state index contributed by atoms with van der Waals surface area (Å²) >= 11 is 0. The van der Waals surface area contributed by atoms with Gasteiger partial charge in [0.2, 0.25) is 0 Å². The zero-order chi connectivity index (χ0) is 8.72. The van der Waals surface area contributed by atoms with Gasteiger partial charge in [0.1, 0.15) is 11.4 Å². The van der Waals surface area contributed by atoms with Crippen LogP contribution in [0.25, 0.3) is 0 Å². The number of aromatic amines is 1. The zero-order valence-corrected chi connectivity index (χ0v) is 6.63. The summed E-state index contributed by atoms with van der Waals surface area (Å²) in [4.78, 5) is 13.3. The third-order valence-corrected chi connectivity index (χ3v) is 2.02. The van der Waals surface area contributed by atoms with E-state index in [0.717, 1.165) is 5.69 Å². The molecule has 0 radical (unpaired) electrons. The highest BCUT2D eigenvalue weighted by molar-refractivity contribution is 5.86. The lowest BCUT2D eigenvalue weighted by Crippen LogP contribution is -2.01. The molecule has 0 unspecified atom stereocenters. The zero-order valence-electron chi connectivity index (χ0n) is 6.63. The van der Waals surface area contributed by atoms with Crippen LogP contribution in [0.1, 0.15) is 29.0 Å². The molecule has 12 heavy (non-hydrogen) atoms. The second kappa shape index (κ2) is 2.27. The normalized spacial score (nSPS) is 20.2. The molecule has 64 valence electrons. The molecule has 1 aliphatic rings. The molecule has 0 fully saturated rings. The van der Waals surface area contributed by atoms with Crippen molar-refractivity contribution in [1.29, 1.82) is 0 Å². The Morgan fingerprint density at radius 2 is 2.58 bits per heavy atom. The van der Waals surface area contributed by atoms with Crippen LogP contribution in [0.4, 0.5) is 0 Å². The van der Waals surface area contributed by atoms with E-state index >= 15 is 0 Å². The SMILES string of the molecule is C[C@@H]1COc2cc(C(=O)O)[nH]c21. The van der Waals surface area contributed by atoms with Gasteiger partial charge in [-0.05, 0) is 0 Å². The van der Waals surface area contributed by atoms with Gasteiger partial charge in [0.25, 0.3) is 0 Å². The van der Waals surface area contributed by atoms with E-state index in [2.05, 4.69) is 4.98 Å². The van der Waals surface area contributed by atoms with Crippen molar-refractivity contribution in [2.45, 2.75) is 12.8 Å². The summed E-state index contributed by atoms with van der Waals surface area (Å²) < 4.78 is 5.25. The van der Waals surface area contributed by atoms with Crippen molar-refractivity contribution in [2.75, 3.05) is 6.61 Å². The molecule has 0 amide bonds. The summed E-state index contributed by atoms with van der Waals surface area (Å²) in [7, 11) is 0. The number of carboxylic acids is 1. The van der Waals surface area contributed by atoms with Crippen LogP contribution < -0.4 is 4.74 Å². The quantitative estimate of drug-likeness (QED) is 0.660. The maximum Gasteiger partial charge on any atom is 0.352 e. The van der Waals surface area contributed by atoms with Gasteiger partial charge in [-0.25, -0.2) is 4.79 Å². The van der Waals surface area contributed by atoms with E-state index in [9.17, 15) is 4.79 Å². The molecule has 0 aliphatic carbocycles. The molecule has 0 saturated heterocycles. The fourth-order valence-corrected chi connectivity index (χ4v) is 1.35. The summed E-state index contributed by atoms with van der Waals surface area (Å²) in [6, 6.07) is 1.53. The molecule has 1 aromatic rings. The molecule has 0 spiro atoms. The molecule has 1 aromatic heterocycles. The van der Waals surface area contributed by atoms with Crippen LogP contribution >= 0.6 is 0 Å². The number of aromatic carboxylic acids is 1. The minimum Gasteiger partial charge on any atom is -0.491 e. The first-order valence-corrected chi connectivity index (χ1v) is 3.77. The van der Waals surface area contributed by atoms with Crippen molar-refractivity contribution in [2.24, 2.45) is 0 Å². The molecule has 4 heteroatoms. The molecule has 2 rings (SSSR count). The fraction of sp³-hybridized carbons (Fsp3) is 0.375. The lowest BCUT2D eigenvalue weighted by molar-refractivity contribution is 0.0690. The van der Waals surface area contributed by atoms with Crippen LogP contribution in [0.15, 0.2) is 6.07 Å². The van der Waals surface area contributed by atoms with Gasteiger partial charge in [0.15, 0.2) is 0 Å². The highest BCUT2D eigenvalue weighted by Gasteiger charge is 2.24. The number of aromatic nitrogens is 1. The van der Waals surface area contributed by atoms with E-state index in [-0.39, 0.29) is 11.6 Å². The first-order chi connectivity index (χ1) is 5.68. The third-order valence-electron chi connectivity index (χ3n) is 2.02. The Kier molecular flexibility index (Phi) is 1.36. The summed E-state index contributed by atoms with van der Waals surface area (Å²) in [5.74, 6) is 0.00759. The minimum atomic E-state index is -0.944.